The van der Waals surface area contributed by atoms with Crippen molar-refractivity contribution in [1.82, 2.24) is 9.88 Å². The molecule has 1 fully saturated rings. The van der Waals surface area contributed by atoms with Crippen molar-refractivity contribution in [3.05, 3.63) is 83.1 Å². The summed E-state index contributed by atoms with van der Waals surface area (Å²) in [6.45, 7) is 2.54. The number of nitrogens with one attached hydrogen (secondary N) is 1. The smallest absolute Gasteiger partial charge is 0.240 e. The van der Waals surface area contributed by atoms with Gasteiger partial charge in [0.15, 0.2) is 0 Å². The third-order valence-electron chi connectivity index (χ3n) is 6.70. The van der Waals surface area contributed by atoms with E-state index in [0.717, 1.165) is 5.69 Å². The second-order valence-corrected chi connectivity index (χ2v) is 8.94. The van der Waals surface area contributed by atoms with Crippen LogP contribution in [-0.2, 0) is 15.0 Å². The summed E-state index contributed by atoms with van der Waals surface area (Å²) in [4.78, 5) is 35.5. The lowest BCUT2D eigenvalue weighted by Crippen LogP contribution is -2.51. The third-order valence-corrected chi connectivity index (χ3v) is 6.94. The molecule has 2 amide bonds. The first-order chi connectivity index (χ1) is 16.5. The van der Waals surface area contributed by atoms with Crippen molar-refractivity contribution in [3.63, 3.8) is 0 Å². The van der Waals surface area contributed by atoms with Crippen LogP contribution in [0, 0.1) is 0 Å². The molecular weight excluding hydrogens is 452 g/mol. The number of ether oxygens (including phenoxy) is 1. The highest BCUT2D eigenvalue weighted by Gasteiger charge is 2.51. The van der Waals surface area contributed by atoms with Crippen LogP contribution in [0.1, 0.15) is 17.5 Å². The molecule has 8 heteroatoms. The van der Waals surface area contributed by atoms with Crippen LogP contribution < -0.4 is 15.0 Å². The molecule has 174 valence electrons. The molecule has 2 aliphatic heterocycles. The van der Waals surface area contributed by atoms with Gasteiger partial charge in [-0.15, -0.1) is 0 Å². The molecule has 34 heavy (non-hydrogen) atoms. The number of anilines is 2. The van der Waals surface area contributed by atoms with Crippen LogP contribution in [0.2, 0.25) is 5.02 Å². The average molecular weight is 477 g/mol. The number of pyridine rings is 1. The second kappa shape index (κ2) is 8.99. The molecule has 5 rings (SSSR count). The predicted molar refractivity (Wildman–Crippen MR) is 132 cm³/mol. The van der Waals surface area contributed by atoms with Crippen LogP contribution >= 0.6 is 11.6 Å². The SMILES string of the molecule is COc1ccccc1C1(CC(=O)N2CCN(c3cccnc3)CC2)C(=O)Nc2ccc(Cl)cc21. The second-order valence-electron chi connectivity index (χ2n) is 8.51. The Hall–Kier alpha value is -3.58. The van der Waals surface area contributed by atoms with E-state index in [0.29, 0.717) is 53.8 Å². The van der Waals surface area contributed by atoms with Gasteiger partial charge in [-0.05, 0) is 42.0 Å². The summed E-state index contributed by atoms with van der Waals surface area (Å²) in [6.07, 6.45) is 3.56. The first-order valence-electron chi connectivity index (χ1n) is 11.2. The van der Waals surface area contributed by atoms with E-state index < -0.39 is 5.41 Å². The van der Waals surface area contributed by atoms with E-state index in [4.69, 9.17) is 16.3 Å². The average Bonchev–Trinajstić information content (AvgIpc) is 3.15. The monoisotopic (exact) mass is 476 g/mol. The van der Waals surface area contributed by atoms with Crippen molar-refractivity contribution >= 4 is 34.8 Å². The van der Waals surface area contributed by atoms with Crippen molar-refractivity contribution in [2.75, 3.05) is 43.5 Å². The van der Waals surface area contributed by atoms with Gasteiger partial charge in [-0.1, -0.05) is 29.8 Å². The third kappa shape index (κ3) is 3.76. The summed E-state index contributed by atoms with van der Waals surface area (Å²) in [6, 6.07) is 16.6. The van der Waals surface area contributed by atoms with Gasteiger partial charge in [-0.3, -0.25) is 14.6 Å². The van der Waals surface area contributed by atoms with Crippen molar-refractivity contribution in [2.45, 2.75) is 11.8 Å². The van der Waals surface area contributed by atoms with Gasteiger partial charge in [0.25, 0.3) is 0 Å². The fraction of sp³-hybridized carbons (Fsp3) is 0.269. The molecule has 1 aromatic heterocycles. The van der Waals surface area contributed by atoms with Crippen LogP contribution in [-0.4, -0.2) is 55.0 Å². The zero-order chi connectivity index (χ0) is 23.7. The highest BCUT2D eigenvalue weighted by Crippen LogP contribution is 2.49. The number of amides is 2. The Bertz CT molecular complexity index is 1230. The van der Waals surface area contributed by atoms with Gasteiger partial charge in [0.05, 0.1) is 19.0 Å². The number of hydrogen-bond donors (Lipinski definition) is 1. The molecule has 0 spiro atoms. The number of nitrogens with zero attached hydrogens (tertiary/aromatic N) is 3. The summed E-state index contributed by atoms with van der Waals surface area (Å²) in [7, 11) is 1.57. The van der Waals surface area contributed by atoms with Gasteiger partial charge in [0, 0.05) is 55.1 Å². The van der Waals surface area contributed by atoms with Gasteiger partial charge >= 0.3 is 0 Å². The fourth-order valence-corrected chi connectivity index (χ4v) is 5.13. The molecule has 1 unspecified atom stereocenters. The maximum absolute atomic E-state index is 13.7. The molecule has 2 aromatic carbocycles. The maximum atomic E-state index is 13.7. The molecule has 2 aliphatic rings. The number of piperazine rings is 1. The highest BCUT2D eigenvalue weighted by molar-refractivity contribution is 6.31. The lowest BCUT2D eigenvalue weighted by molar-refractivity contribution is -0.135. The first-order valence-corrected chi connectivity index (χ1v) is 11.6. The van der Waals surface area contributed by atoms with Gasteiger partial charge < -0.3 is 19.9 Å². The quantitative estimate of drug-likeness (QED) is 0.607. The summed E-state index contributed by atoms with van der Waals surface area (Å²) in [5, 5.41) is 3.47. The Balaban J connectivity index is 1.47. The normalized spacial score (nSPS) is 19.5. The Morgan fingerprint density at radius 2 is 1.88 bits per heavy atom. The predicted octanol–water partition coefficient (Wildman–Crippen LogP) is 3.72. The molecule has 0 radical (unpaired) electrons. The van der Waals surface area contributed by atoms with Crippen LogP contribution in [0.3, 0.4) is 0 Å². The standard InChI is InChI=1S/C26H25ClN4O3/c1-34-23-7-3-2-6-20(23)26(21-15-18(27)8-9-22(21)29-25(26)33)16-24(32)31-13-11-30(12-14-31)19-5-4-10-28-17-19/h2-10,15,17H,11-14,16H2,1H3,(H,29,33). The summed E-state index contributed by atoms with van der Waals surface area (Å²) >= 11 is 6.34. The minimum absolute atomic E-state index is 0.0144. The van der Waals surface area contributed by atoms with Gasteiger partial charge in [-0.2, -0.15) is 0 Å². The zero-order valence-corrected chi connectivity index (χ0v) is 19.6. The van der Waals surface area contributed by atoms with E-state index in [1.165, 1.54) is 0 Å². The zero-order valence-electron chi connectivity index (χ0n) is 18.8. The molecule has 1 saturated heterocycles. The van der Waals surface area contributed by atoms with Crippen molar-refractivity contribution in [1.29, 1.82) is 0 Å². The number of halogens is 1. The number of methoxy groups -OCH3 is 1. The number of rotatable bonds is 5. The molecule has 3 heterocycles. The number of hydrogen-bond acceptors (Lipinski definition) is 5. The highest BCUT2D eigenvalue weighted by atomic mass is 35.5. The Labute approximate surface area is 203 Å². The van der Waals surface area contributed by atoms with E-state index in [1.807, 2.05) is 47.5 Å². The largest absolute Gasteiger partial charge is 0.496 e. The minimum atomic E-state index is -1.23. The van der Waals surface area contributed by atoms with E-state index in [-0.39, 0.29) is 18.2 Å². The number of benzene rings is 2. The molecule has 1 N–H and O–H groups in total. The molecule has 0 bridgehead atoms. The topological polar surface area (TPSA) is 74.8 Å². The molecule has 3 aromatic rings. The Morgan fingerprint density at radius 3 is 2.62 bits per heavy atom. The summed E-state index contributed by atoms with van der Waals surface area (Å²) in [5.41, 5.74) is 1.81. The molecule has 0 aliphatic carbocycles. The maximum Gasteiger partial charge on any atom is 0.240 e. The molecular formula is C26H25ClN4O3. The van der Waals surface area contributed by atoms with Crippen molar-refractivity contribution < 1.29 is 14.3 Å². The van der Waals surface area contributed by atoms with Gasteiger partial charge in [-0.25, -0.2) is 0 Å². The Morgan fingerprint density at radius 1 is 1.09 bits per heavy atom. The minimum Gasteiger partial charge on any atom is -0.496 e. The van der Waals surface area contributed by atoms with Crippen LogP contribution in [0.15, 0.2) is 67.0 Å². The summed E-state index contributed by atoms with van der Waals surface area (Å²) in [5.74, 6) is 0.219. The van der Waals surface area contributed by atoms with E-state index in [9.17, 15) is 9.59 Å². The molecule has 1 atom stereocenters. The Kier molecular flexibility index (Phi) is 5.87. The lowest BCUT2D eigenvalue weighted by atomic mass is 9.72. The van der Waals surface area contributed by atoms with Gasteiger partial charge in [0.1, 0.15) is 11.2 Å². The number of carbonyl (C=O) groups is 2. The van der Waals surface area contributed by atoms with E-state index in [1.54, 1.807) is 31.5 Å². The number of carbonyl (C=O) groups excluding carboxylic acids is 2. The number of aromatic nitrogens is 1. The van der Waals surface area contributed by atoms with E-state index in [2.05, 4.69) is 15.2 Å². The molecule has 0 saturated carbocycles. The molecule has 7 nitrogen and oxygen atoms in total. The van der Waals surface area contributed by atoms with Crippen molar-refractivity contribution in [3.8, 4) is 5.75 Å². The van der Waals surface area contributed by atoms with Crippen molar-refractivity contribution in [2.24, 2.45) is 0 Å². The number of para-hydroxylation sites is 1. The van der Waals surface area contributed by atoms with Gasteiger partial charge in [0.2, 0.25) is 11.8 Å². The van der Waals surface area contributed by atoms with E-state index >= 15 is 0 Å². The van der Waals surface area contributed by atoms with Crippen LogP contribution in [0.25, 0.3) is 0 Å². The fourth-order valence-electron chi connectivity index (χ4n) is 4.96. The summed E-state index contributed by atoms with van der Waals surface area (Å²) < 4.78 is 5.62. The lowest BCUT2D eigenvalue weighted by Gasteiger charge is -2.38. The number of fused-ring (bicyclic) bond motifs is 1. The van der Waals surface area contributed by atoms with Crippen LogP contribution in [0.5, 0.6) is 5.75 Å². The van der Waals surface area contributed by atoms with Crippen LogP contribution in [0.4, 0.5) is 11.4 Å². The first kappa shape index (κ1) is 22.2.